The van der Waals surface area contributed by atoms with Gasteiger partial charge in [-0.15, -0.1) is 0 Å². The Kier molecular flexibility index (Phi) is 7.67. The summed E-state index contributed by atoms with van der Waals surface area (Å²) in [5.74, 6) is 0.121. The third kappa shape index (κ3) is 5.72. The molecule has 0 bridgehead atoms. The topological polar surface area (TPSA) is 56.1 Å². The van der Waals surface area contributed by atoms with Crippen LogP contribution < -0.4 is 10.1 Å². The summed E-state index contributed by atoms with van der Waals surface area (Å²) in [5, 5.41) is 8.56. The van der Waals surface area contributed by atoms with Crippen LogP contribution in [0.5, 0.6) is 5.75 Å². The summed E-state index contributed by atoms with van der Waals surface area (Å²) in [6, 6.07) is 15.3. The molecule has 1 aromatic heterocycles. The third-order valence-electron chi connectivity index (χ3n) is 5.99. The first-order valence-corrected chi connectivity index (χ1v) is 12.2. The molecule has 3 aromatic carbocycles. The van der Waals surface area contributed by atoms with Crippen molar-refractivity contribution in [2.75, 3.05) is 5.32 Å². The van der Waals surface area contributed by atoms with Gasteiger partial charge >= 0.3 is 0 Å². The molecule has 0 spiro atoms. The predicted octanol–water partition coefficient (Wildman–Crippen LogP) is 7.44. The Balaban J connectivity index is 1.42. The molecule has 0 aliphatic heterocycles. The normalized spacial score (nSPS) is 11.0. The monoisotopic (exact) mass is 525 g/mol. The summed E-state index contributed by atoms with van der Waals surface area (Å²) >= 11 is 12.4. The van der Waals surface area contributed by atoms with Gasteiger partial charge in [-0.3, -0.25) is 9.48 Å². The van der Waals surface area contributed by atoms with Crippen molar-refractivity contribution in [3.63, 3.8) is 0 Å². The number of carbonyl (C=O) groups is 1. The fourth-order valence-corrected chi connectivity index (χ4v) is 4.27. The van der Waals surface area contributed by atoms with Crippen LogP contribution in [0.3, 0.4) is 0 Å². The molecular formula is C28H26Cl2FN3O2. The Morgan fingerprint density at radius 2 is 1.67 bits per heavy atom. The maximum absolute atomic E-state index is 13.4. The van der Waals surface area contributed by atoms with E-state index >= 15 is 0 Å². The average molecular weight is 526 g/mol. The Bertz CT molecular complexity index is 1410. The molecule has 4 aromatic rings. The van der Waals surface area contributed by atoms with Crippen molar-refractivity contribution < 1.29 is 13.9 Å². The van der Waals surface area contributed by atoms with Crippen LogP contribution >= 0.6 is 23.2 Å². The van der Waals surface area contributed by atoms with E-state index in [0.29, 0.717) is 35.1 Å². The molecular weight excluding hydrogens is 500 g/mol. The van der Waals surface area contributed by atoms with Crippen molar-refractivity contribution in [1.82, 2.24) is 9.78 Å². The number of benzene rings is 3. The van der Waals surface area contributed by atoms with E-state index in [-0.39, 0.29) is 5.91 Å². The first-order chi connectivity index (χ1) is 17.1. The van der Waals surface area contributed by atoms with Crippen molar-refractivity contribution >= 4 is 34.8 Å². The van der Waals surface area contributed by atoms with Gasteiger partial charge in [0.15, 0.2) is 0 Å². The quantitative estimate of drug-likeness (QED) is 0.272. The van der Waals surface area contributed by atoms with Crippen molar-refractivity contribution in [2.24, 2.45) is 0 Å². The van der Waals surface area contributed by atoms with Crippen LogP contribution in [0, 0.1) is 33.5 Å². The minimum absolute atomic E-state index is 0.239. The molecule has 0 unspecified atom stereocenters. The molecule has 4 rings (SSSR count). The maximum Gasteiger partial charge on any atom is 0.255 e. The molecule has 186 valence electrons. The number of hydrogen-bond donors (Lipinski definition) is 1. The first kappa shape index (κ1) is 25.7. The Labute approximate surface area is 219 Å². The second-order valence-corrected chi connectivity index (χ2v) is 9.54. The third-order valence-corrected chi connectivity index (χ3v) is 6.93. The average Bonchev–Trinajstić information content (AvgIpc) is 3.10. The highest BCUT2D eigenvalue weighted by Gasteiger charge is 2.16. The van der Waals surface area contributed by atoms with Gasteiger partial charge in [-0.05, 0) is 86.3 Å². The molecule has 8 heteroatoms. The lowest BCUT2D eigenvalue weighted by atomic mass is 10.1. The first-order valence-electron chi connectivity index (χ1n) is 11.4. The molecule has 36 heavy (non-hydrogen) atoms. The van der Waals surface area contributed by atoms with Crippen LogP contribution in [0.15, 0.2) is 54.6 Å². The minimum atomic E-state index is -0.391. The summed E-state index contributed by atoms with van der Waals surface area (Å²) in [4.78, 5) is 12.9. The molecule has 0 saturated carbocycles. The van der Waals surface area contributed by atoms with E-state index in [1.165, 1.54) is 12.1 Å². The summed E-state index contributed by atoms with van der Waals surface area (Å²) in [6.07, 6.45) is 0. The number of anilines is 1. The lowest BCUT2D eigenvalue weighted by Gasteiger charge is -2.11. The van der Waals surface area contributed by atoms with E-state index in [4.69, 9.17) is 27.9 Å². The van der Waals surface area contributed by atoms with E-state index in [1.807, 2.05) is 52.0 Å². The number of ether oxygens (including phenoxy) is 1. The molecule has 1 heterocycles. The maximum atomic E-state index is 13.4. The van der Waals surface area contributed by atoms with Crippen molar-refractivity contribution in [2.45, 2.75) is 40.8 Å². The summed E-state index contributed by atoms with van der Waals surface area (Å²) in [6.45, 7) is 8.32. The van der Waals surface area contributed by atoms with Gasteiger partial charge in [-0.1, -0.05) is 41.4 Å². The fraction of sp³-hybridized carbons (Fsp3) is 0.214. The van der Waals surface area contributed by atoms with E-state index in [2.05, 4.69) is 10.4 Å². The number of carbonyl (C=O) groups excluding carboxylic acids is 1. The van der Waals surface area contributed by atoms with Crippen molar-refractivity contribution in [3.05, 3.63) is 110 Å². The number of halogens is 3. The number of nitrogens with one attached hydrogen (secondary N) is 1. The molecule has 0 aliphatic rings. The van der Waals surface area contributed by atoms with Gasteiger partial charge in [0.1, 0.15) is 18.2 Å². The number of nitrogens with zero attached hydrogens (tertiary/aromatic N) is 2. The highest BCUT2D eigenvalue weighted by atomic mass is 35.5. The number of hydrogen-bond acceptors (Lipinski definition) is 3. The number of rotatable bonds is 7. The van der Waals surface area contributed by atoms with Crippen LogP contribution in [0.1, 0.15) is 44.0 Å². The molecule has 0 radical (unpaired) electrons. The lowest BCUT2D eigenvalue weighted by molar-refractivity contribution is 0.102. The Morgan fingerprint density at radius 3 is 2.31 bits per heavy atom. The fourth-order valence-electron chi connectivity index (χ4n) is 3.94. The van der Waals surface area contributed by atoms with E-state index in [1.54, 1.807) is 22.9 Å². The van der Waals surface area contributed by atoms with Crippen LogP contribution in [0.4, 0.5) is 10.1 Å². The van der Waals surface area contributed by atoms with Gasteiger partial charge in [0.25, 0.3) is 5.91 Å². The molecule has 0 saturated heterocycles. The van der Waals surface area contributed by atoms with Gasteiger partial charge in [-0.2, -0.15) is 5.10 Å². The summed E-state index contributed by atoms with van der Waals surface area (Å²) in [5.41, 5.74) is 6.22. The highest BCUT2D eigenvalue weighted by Crippen LogP contribution is 2.27. The van der Waals surface area contributed by atoms with Crippen LogP contribution in [0.2, 0.25) is 10.0 Å². The second-order valence-electron chi connectivity index (χ2n) is 8.75. The van der Waals surface area contributed by atoms with Crippen LogP contribution in [-0.4, -0.2) is 15.7 Å². The van der Waals surface area contributed by atoms with Gasteiger partial charge in [0, 0.05) is 15.6 Å². The van der Waals surface area contributed by atoms with E-state index < -0.39 is 5.82 Å². The zero-order valence-electron chi connectivity index (χ0n) is 20.5. The highest BCUT2D eigenvalue weighted by molar-refractivity contribution is 6.32. The van der Waals surface area contributed by atoms with E-state index in [9.17, 15) is 9.18 Å². The molecule has 0 atom stereocenters. The van der Waals surface area contributed by atoms with Crippen molar-refractivity contribution in [3.8, 4) is 5.75 Å². The largest absolute Gasteiger partial charge is 0.489 e. The van der Waals surface area contributed by atoms with Gasteiger partial charge in [0.05, 0.1) is 23.6 Å². The van der Waals surface area contributed by atoms with Gasteiger partial charge in [-0.25, -0.2) is 4.39 Å². The van der Waals surface area contributed by atoms with Gasteiger partial charge in [0.2, 0.25) is 0 Å². The number of aromatic nitrogens is 2. The number of amides is 1. The minimum Gasteiger partial charge on any atom is -0.489 e. The second kappa shape index (κ2) is 10.7. The SMILES string of the molecule is Cc1cc(OCc2ccc(C(=O)Nc3c(C)nn(Cc4ccc(F)cc4Cl)c3C)cc2)cc(C)c1Cl. The molecule has 5 nitrogen and oxygen atoms in total. The van der Waals surface area contributed by atoms with E-state index in [0.717, 1.165) is 38.7 Å². The standard InChI is InChI=1S/C28H26Cl2FN3O2/c1-16-11-24(12-17(2)26(16)30)36-15-20-5-7-21(8-6-20)28(35)32-27-18(3)33-34(19(27)4)14-22-9-10-23(31)13-25(22)29/h5-13H,14-15H2,1-4H3,(H,32,35). The molecule has 1 N–H and O–H groups in total. The van der Waals surface area contributed by atoms with Crippen LogP contribution in [-0.2, 0) is 13.2 Å². The number of aryl methyl sites for hydroxylation is 3. The van der Waals surface area contributed by atoms with Crippen molar-refractivity contribution in [1.29, 1.82) is 0 Å². The molecule has 0 aliphatic carbocycles. The predicted molar refractivity (Wildman–Crippen MR) is 142 cm³/mol. The summed E-state index contributed by atoms with van der Waals surface area (Å²) < 4.78 is 21.0. The summed E-state index contributed by atoms with van der Waals surface area (Å²) in [7, 11) is 0. The lowest BCUT2D eigenvalue weighted by Crippen LogP contribution is -2.13. The Hall–Kier alpha value is -3.35. The zero-order valence-corrected chi connectivity index (χ0v) is 22.0. The Morgan fingerprint density at radius 1 is 1.00 bits per heavy atom. The zero-order chi connectivity index (χ0) is 26.0. The smallest absolute Gasteiger partial charge is 0.255 e. The van der Waals surface area contributed by atoms with Crippen LogP contribution in [0.25, 0.3) is 0 Å². The van der Waals surface area contributed by atoms with Gasteiger partial charge < -0.3 is 10.1 Å². The molecule has 1 amide bonds. The molecule has 0 fully saturated rings.